The Bertz CT molecular complexity index is 283. The van der Waals surface area contributed by atoms with Gasteiger partial charge in [0, 0.05) is 20.1 Å². The number of hydrogen-bond acceptors (Lipinski definition) is 3. The number of piperidine rings is 1. The molecule has 0 spiro atoms. The predicted molar refractivity (Wildman–Crippen MR) is 78.5 cm³/mol. The summed E-state index contributed by atoms with van der Waals surface area (Å²) >= 11 is 0. The second kappa shape index (κ2) is 6.54. The average Bonchev–Trinajstić information content (AvgIpc) is 2.30. The monoisotopic (exact) mass is 253 g/mol. The van der Waals surface area contributed by atoms with Gasteiger partial charge in [0.1, 0.15) is 5.54 Å². The zero-order chi connectivity index (χ0) is 13.6. The predicted octanol–water partition coefficient (Wildman–Crippen LogP) is 3.17. The summed E-state index contributed by atoms with van der Waals surface area (Å²) in [5.41, 5.74) is -0.292. The number of hydrogen-bond donors (Lipinski definition) is 1. The minimum absolute atomic E-state index is 0. The number of nitriles is 1. The van der Waals surface area contributed by atoms with Crippen molar-refractivity contribution < 1.29 is 1.43 Å². The lowest BCUT2D eigenvalue weighted by Gasteiger charge is -2.41. The first-order valence-corrected chi connectivity index (χ1v) is 7.34. The van der Waals surface area contributed by atoms with Crippen LogP contribution in [0.5, 0.6) is 0 Å². The lowest BCUT2D eigenvalue weighted by atomic mass is 9.86. The Morgan fingerprint density at radius 3 is 2.33 bits per heavy atom. The van der Waals surface area contributed by atoms with Gasteiger partial charge in [-0.1, -0.05) is 19.8 Å². The molecule has 1 heterocycles. The van der Waals surface area contributed by atoms with Gasteiger partial charge in [0.25, 0.3) is 0 Å². The number of nitrogens with zero attached hydrogens (tertiary/aromatic N) is 2. The van der Waals surface area contributed by atoms with Crippen LogP contribution in [0.15, 0.2) is 0 Å². The molecule has 0 aromatic heterocycles. The summed E-state index contributed by atoms with van der Waals surface area (Å²) in [5, 5.41) is 13.0. The van der Waals surface area contributed by atoms with E-state index < -0.39 is 0 Å². The molecular weight excluding hydrogens is 222 g/mol. The van der Waals surface area contributed by atoms with Crippen molar-refractivity contribution in [2.45, 2.75) is 70.9 Å². The van der Waals surface area contributed by atoms with Gasteiger partial charge < -0.3 is 4.90 Å². The highest BCUT2D eigenvalue weighted by molar-refractivity contribution is 5.11. The minimum Gasteiger partial charge on any atom is -0.303 e. The zero-order valence-corrected chi connectivity index (χ0v) is 12.6. The van der Waals surface area contributed by atoms with Crippen LogP contribution in [-0.4, -0.2) is 35.6 Å². The summed E-state index contributed by atoms with van der Waals surface area (Å²) in [4.78, 5) is 2.51. The molecule has 1 N–H and O–H groups in total. The van der Waals surface area contributed by atoms with Crippen LogP contribution in [0.4, 0.5) is 0 Å². The van der Waals surface area contributed by atoms with Crippen molar-refractivity contribution >= 4 is 0 Å². The molecule has 0 atom stereocenters. The van der Waals surface area contributed by atoms with Gasteiger partial charge in [0.2, 0.25) is 0 Å². The van der Waals surface area contributed by atoms with Crippen LogP contribution < -0.4 is 5.32 Å². The largest absolute Gasteiger partial charge is 0.303 e. The molecule has 0 saturated carbocycles. The first-order valence-electron chi connectivity index (χ1n) is 7.34. The van der Waals surface area contributed by atoms with Crippen molar-refractivity contribution in [2.24, 2.45) is 0 Å². The molecule has 0 aromatic carbocycles. The standard InChI is InChI=1S/C15H29N3.H2/c1-5-6-7-10-18-11-8-15(13-16,9-12-18)17-14(2,3)4;/h17H,5-12H2,1-4H3;1H. The van der Waals surface area contributed by atoms with Gasteiger partial charge in [-0.05, 0) is 46.6 Å². The molecule has 1 aliphatic rings. The molecule has 3 heteroatoms. The summed E-state index contributed by atoms with van der Waals surface area (Å²) < 4.78 is 0. The van der Waals surface area contributed by atoms with Gasteiger partial charge in [0.05, 0.1) is 6.07 Å². The van der Waals surface area contributed by atoms with E-state index in [4.69, 9.17) is 0 Å². The molecule has 18 heavy (non-hydrogen) atoms. The number of rotatable bonds is 5. The molecule has 1 rings (SSSR count). The summed E-state index contributed by atoms with van der Waals surface area (Å²) in [5.74, 6) is 0. The smallest absolute Gasteiger partial charge is 0.109 e. The summed E-state index contributed by atoms with van der Waals surface area (Å²) in [7, 11) is 0. The number of unbranched alkanes of at least 4 members (excludes halogenated alkanes) is 2. The highest BCUT2D eigenvalue weighted by atomic mass is 15.2. The van der Waals surface area contributed by atoms with Crippen LogP contribution in [0.1, 0.15) is 61.2 Å². The number of nitrogens with one attached hydrogen (secondary N) is 1. The Morgan fingerprint density at radius 2 is 1.89 bits per heavy atom. The molecule has 0 aliphatic carbocycles. The van der Waals surface area contributed by atoms with Crippen LogP contribution in [-0.2, 0) is 0 Å². The summed E-state index contributed by atoms with van der Waals surface area (Å²) in [6.45, 7) is 12.0. The molecule has 106 valence electrons. The Labute approximate surface area is 114 Å². The van der Waals surface area contributed by atoms with E-state index in [1.807, 2.05) is 0 Å². The molecule has 1 saturated heterocycles. The maximum Gasteiger partial charge on any atom is 0.109 e. The molecule has 0 aromatic rings. The van der Waals surface area contributed by atoms with E-state index in [0.717, 1.165) is 25.9 Å². The molecule has 1 fully saturated rings. The molecular formula is C15H31N3. The summed E-state index contributed by atoms with van der Waals surface area (Å²) in [6.07, 6.45) is 5.80. The minimum atomic E-state index is -0.306. The SMILES string of the molecule is CCCCCN1CCC(C#N)(NC(C)(C)C)CC1.[HH]. The van der Waals surface area contributed by atoms with Crippen molar-refractivity contribution in [2.75, 3.05) is 19.6 Å². The fraction of sp³-hybridized carbons (Fsp3) is 0.933. The first-order chi connectivity index (χ1) is 8.41. The van der Waals surface area contributed by atoms with Gasteiger partial charge in [-0.2, -0.15) is 5.26 Å². The lowest BCUT2D eigenvalue weighted by molar-refractivity contribution is 0.144. The van der Waals surface area contributed by atoms with Gasteiger partial charge in [-0.3, -0.25) is 5.32 Å². The van der Waals surface area contributed by atoms with Crippen molar-refractivity contribution in [3.63, 3.8) is 0 Å². The first kappa shape index (κ1) is 15.5. The topological polar surface area (TPSA) is 39.1 Å². The Hall–Kier alpha value is -0.590. The molecule has 0 unspecified atom stereocenters. The highest BCUT2D eigenvalue weighted by Gasteiger charge is 2.37. The molecule has 3 nitrogen and oxygen atoms in total. The summed E-state index contributed by atoms with van der Waals surface area (Å²) in [6, 6.07) is 2.52. The van der Waals surface area contributed by atoms with Crippen molar-refractivity contribution in [3.8, 4) is 6.07 Å². The normalized spacial score (nSPS) is 20.6. The van der Waals surface area contributed by atoms with E-state index in [2.05, 4.69) is 44.0 Å². The second-order valence-corrected chi connectivity index (χ2v) is 6.62. The van der Waals surface area contributed by atoms with Crippen molar-refractivity contribution in [1.82, 2.24) is 10.2 Å². The zero-order valence-electron chi connectivity index (χ0n) is 12.6. The van der Waals surface area contributed by atoms with E-state index in [0.29, 0.717) is 0 Å². The van der Waals surface area contributed by atoms with Crippen LogP contribution in [0.3, 0.4) is 0 Å². The fourth-order valence-electron chi connectivity index (χ4n) is 2.73. The molecule has 0 radical (unpaired) electrons. The van der Waals surface area contributed by atoms with Crippen LogP contribution in [0.25, 0.3) is 0 Å². The van der Waals surface area contributed by atoms with Crippen molar-refractivity contribution in [1.29, 1.82) is 5.26 Å². The van der Waals surface area contributed by atoms with E-state index in [1.165, 1.54) is 25.8 Å². The average molecular weight is 253 g/mol. The second-order valence-electron chi connectivity index (χ2n) is 6.62. The van der Waals surface area contributed by atoms with Gasteiger partial charge in [-0.15, -0.1) is 0 Å². The Morgan fingerprint density at radius 1 is 1.28 bits per heavy atom. The van der Waals surface area contributed by atoms with E-state index >= 15 is 0 Å². The lowest BCUT2D eigenvalue weighted by Crippen LogP contribution is -2.58. The molecule has 0 bridgehead atoms. The van der Waals surface area contributed by atoms with E-state index in [-0.39, 0.29) is 12.5 Å². The maximum atomic E-state index is 9.47. The highest BCUT2D eigenvalue weighted by Crippen LogP contribution is 2.24. The number of likely N-dealkylation sites (tertiary alicyclic amines) is 1. The van der Waals surface area contributed by atoms with Gasteiger partial charge in [-0.25, -0.2) is 0 Å². The van der Waals surface area contributed by atoms with Crippen LogP contribution in [0.2, 0.25) is 0 Å². The van der Waals surface area contributed by atoms with Gasteiger partial charge in [0.15, 0.2) is 0 Å². The molecule has 0 amide bonds. The van der Waals surface area contributed by atoms with Crippen molar-refractivity contribution in [3.05, 3.63) is 0 Å². The quantitative estimate of drug-likeness (QED) is 0.765. The molecule has 1 aliphatic heterocycles. The third-order valence-corrected chi connectivity index (χ3v) is 3.62. The van der Waals surface area contributed by atoms with Crippen LogP contribution in [0, 0.1) is 11.3 Å². The van der Waals surface area contributed by atoms with Gasteiger partial charge >= 0.3 is 0 Å². The van der Waals surface area contributed by atoms with E-state index in [9.17, 15) is 5.26 Å². The fourth-order valence-corrected chi connectivity index (χ4v) is 2.73. The third-order valence-electron chi connectivity index (χ3n) is 3.62. The van der Waals surface area contributed by atoms with E-state index in [1.54, 1.807) is 0 Å². The third kappa shape index (κ3) is 4.96. The Kier molecular flexibility index (Phi) is 5.62. The maximum absolute atomic E-state index is 9.47. The van der Waals surface area contributed by atoms with Crippen LogP contribution >= 0.6 is 0 Å². The Balaban J connectivity index is 0.00000324.